The first-order valence-corrected chi connectivity index (χ1v) is 7.58. The summed E-state index contributed by atoms with van der Waals surface area (Å²) in [4.78, 5) is 24.0. The number of hydrogen-bond donors (Lipinski definition) is 2. The zero-order valence-corrected chi connectivity index (χ0v) is 11.8. The van der Waals surface area contributed by atoms with Gasteiger partial charge in [0, 0.05) is 10.3 Å². The van der Waals surface area contributed by atoms with Crippen molar-refractivity contribution in [3.63, 3.8) is 0 Å². The summed E-state index contributed by atoms with van der Waals surface area (Å²) < 4.78 is 1.15. The van der Waals surface area contributed by atoms with Crippen LogP contribution in [0.15, 0.2) is 29.6 Å². The van der Waals surface area contributed by atoms with Crippen LogP contribution >= 0.6 is 11.3 Å². The van der Waals surface area contributed by atoms with Gasteiger partial charge in [-0.05, 0) is 47.9 Å². The number of carbonyl (C=O) groups excluding carboxylic acids is 2. The topological polar surface area (TPSA) is 72.2 Å². The lowest BCUT2D eigenvalue weighted by Crippen LogP contribution is -2.55. The van der Waals surface area contributed by atoms with E-state index in [9.17, 15) is 9.59 Å². The summed E-state index contributed by atoms with van der Waals surface area (Å²) in [6, 6.07) is 7.55. The highest BCUT2D eigenvalue weighted by atomic mass is 32.1. The molecule has 0 bridgehead atoms. The standard InChI is InChI=1S/C15H16N2O2S/c16-14(19)15(6-1-2-7-15)17-13(18)11-3-4-12-10(9-11)5-8-20-12/h3-5,8-9H,1-2,6-7H2,(H2,16,19)(H,17,18). The van der Waals surface area contributed by atoms with E-state index in [1.165, 1.54) is 0 Å². The largest absolute Gasteiger partial charge is 0.368 e. The van der Waals surface area contributed by atoms with Crippen molar-refractivity contribution >= 4 is 33.2 Å². The van der Waals surface area contributed by atoms with Gasteiger partial charge in [0.25, 0.3) is 5.91 Å². The number of nitrogens with one attached hydrogen (secondary N) is 1. The van der Waals surface area contributed by atoms with E-state index < -0.39 is 11.4 Å². The molecule has 4 nitrogen and oxygen atoms in total. The maximum Gasteiger partial charge on any atom is 0.252 e. The summed E-state index contributed by atoms with van der Waals surface area (Å²) in [5.41, 5.74) is 5.19. The van der Waals surface area contributed by atoms with E-state index in [0.717, 1.165) is 22.9 Å². The van der Waals surface area contributed by atoms with Gasteiger partial charge in [0.15, 0.2) is 0 Å². The molecule has 1 heterocycles. The van der Waals surface area contributed by atoms with Crippen molar-refractivity contribution in [3.8, 4) is 0 Å². The predicted molar refractivity (Wildman–Crippen MR) is 79.7 cm³/mol. The number of amides is 2. The van der Waals surface area contributed by atoms with E-state index in [2.05, 4.69) is 5.32 Å². The van der Waals surface area contributed by atoms with Crippen LogP contribution in [0.2, 0.25) is 0 Å². The van der Waals surface area contributed by atoms with Gasteiger partial charge in [-0.25, -0.2) is 0 Å². The smallest absolute Gasteiger partial charge is 0.252 e. The summed E-state index contributed by atoms with van der Waals surface area (Å²) in [5.74, 6) is -0.654. The lowest BCUT2D eigenvalue weighted by Gasteiger charge is -2.26. The molecule has 1 aliphatic rings. The molecule has 0 atom stereocenters. The molecule has 20 heavy (non-hydrogen) atoms. The number of rotatable bonds is 3. The summed E-state index contributed by atoms with van der Waals surface area (Å²) in [6.45, 7) is 0. The molecule has 0 radical (unpaired) electrons. The van der Waals surface area contributed by atoms with Crippen molar-refractivity contribution < 1.29 is 9.59 Å². The van der Waals surface area contributed by atoms with E-state index >= 15 is 0 Å². The Hall–Kier alpha value is -1.88. The van der Waals surface area contributed by atoms with Gasteiger partial charge in [0.1, 0.15) is 5.54 Å². The zero-order valence-electron chi connectivity index (χ0n) is 11.0. The average molecular weight is 288 g/mol. The Balaban J connectivity index is 1.86. The molecule has 0 spiro atoms. The van der Waals surface area contributed by atoms with Gasteiger partial charge >= 0.3 is 0 Å². The number of benzene rings is 1. The van der Waals surface area contributed by atoms with Crippen molar-refractivity contribution in [2.24, 2.45) is 5.73 Å². The van der Waals surface area contributed by atoms with E-state index in [0.29, 0.717) is 18.4 Å². The molecule has 1 aromatic carbocycles. The first-order chi connectivity index (χ1) is 9.61. The van der Waals surface area contributed by atoms with Crippen molar-refractivity contribution in [1.29, 1.82) is 0 Å². The van der Waals surface area contributed by atoms with E-state index in [1.54, 1.807) is 17.4 Å². The maximum absolute atomic E-state index is 12.4. The van der Waals surface area contributed by atoms with Gasteiger partial charge < -0.3 is 11.1 Å². The van der Waals surface area contributed by atoms with Crippen LogP contribution in [-0.4, -0.2) is 17.4 Å². The highest BCUT2D eigenvalue weighted by Crippen LogP contribution is 2.30. The van der Waals surface area contributed by atoms with Crippen LogP contribution in [0.3, 0.4) is 0 Å². The fraction of sp³-hybridized carbons (Fsp3) is 0.333. The Morgan fingerprint density at radius 1 is 1.20 bits per heavy atom. The Morgan fingerprint density at radius 2 is 1.95 bits per heavy atom. The number of thiophene rings is 1. The zero-order chi connectivity index (χ0) is 14.2. The predicted octanol–water partition coefficient (Wildman–Crippen LogP) is 2.43. The van der Waals surface area contributed by atoms with Gasteiger partial charge in [0.05, 0.1) is 0 Å². The summed E-state index contributed by atoms with van der Waals surface area (Å²) in [7, 11) is 0. The van der Waals surface area contributed by atoms with Crippen LogP contribution in [-0.2, 0) is 4.79 Å². The molecular weight excluding hydrogens is 272 g/mol. The monoisotopic (exact) mass is 288 g/mol. The second-order valence-electron chi connectivity index (χ2n) is 5.28. The quantitative estimate of drug-likeness (QED) is 0.910. The van der Waals surface area contributed by atoms with Crippen molar-refractivity contribution in [2.45, 2.75) is 31.2 Å². The Bertz CT molecular complexity index is 671. The first-order valence-electron chi connectivity index (χ1n) is 6.70. The molecule has 2 amide bonds. The minimum absolute atomic E-state index is 0.223. The van der Waals surface area contributed by atoms with Gasteiger partial charge in [0.2, 0.25) is 5.91 Å². The normalized spacial score (nSPS) is 17.2. The van der Waals surface area contributed by atoms with Gasteiger partial charge in [-0.1, -0.05) is 12.8 Å². The Labute approximate surface area is 121 Å². The summed E-state index contributed by atoms with van der Waals surface area (Å²) >= 11 is 1.64. The molecular formula is C15H16N2O2S. The van der Waals surface area contributed by atoms with Crippen LogP contribution in [0.25, 0.3) is 10.1 Å². The van der Waals surface area contributed by atoms with Crippen molar-refractivity contribution in [3.05, 3.63) is 35.2 Å². The molecule has 3 rings (SSSR count). The summed E-state index contributed by atoms with van der Waals surface area (Å²) in [5, 5.41) is 5.89. The number of hydrogen-bond acceptors (Lipinski definition) is 3. The van der Waals surface area contributed by atoms with Gasteiger partial charge in [-0.3, -0.25) is 9.59 Å². The van der Waals surface area contributed by atoms with Crippen LogP contribution < -0.4 is 11.1 Å². The van der Waals surface area contributed by atoms with E-state index in [1.807, 2.05) is 23.6 Å². The molecule has 1 aromatic heterocycles. The molecule has 1 fully saturated rings. The minimum Gasteiger partial charge on any atom is -0.368 e. The van der Waals surface area contributed by atoms with E-state index in [4.69, 9.17) is 5.73 Å². The number of primary amides is 1. The number of fused-ring (bicyclic) bond motifs is 1. The molecule has 3 N–H and O–H groups in total. The Morgan fingerprint density at radius 3 is 2.65 bits per heavy atom. The molecule has 2 aromatic rings. The third kappa shape index (κ3) is 2.18. The van der Waals surface area contributed by atoms with Crippen LogP contribution in [0, 0.1) is 0 Å². The molecule has 0 saturated heterocycles. The third-order valence-corrected chi connectivity index (χ3v) is 4.89. The lowest BCUT2D eigenvalue weighted by atomic mass is 9.96. The van der Waals surface area contributed by atoms with E-state index in [-0.39, 0.29) is 5.91 Å². The second kappa shape index (κ2) is 4.90. The molecule has 104 valence electrons. The van der Waals surface area contributed by atoms with Crippen LogP contribution in [0.5, 0.6) is 0 Å². The van der Waals surface area contributed by atoms with Crippen molar-refractivity contribution in [2.75, 3.05) is 0 Å². The molecule has 1 aliphatic carbocycles. The first kappa shape index (κ1) is 13.1. The second-order valence-corrected chi connectivity index (χ2v) is 6.23. The number of nitrogens with two attached hydrogens (primary N) is 1. The van der Waals surface area contributed by atoms with Crippen LogP contribution in [0.4, 0.5) is 0 Å². The minimum atomic E-state index is -0.860. The average Bonchev–Trinajstić information content (AvgIpc) is 3.06. The highest BCUT2D eigenvalue weighted by Gasteiger charge is 2.40. The molecule has 0 unspecified atom stereocenters. The van der Waals surface area contributed by atoms with Crippen molar-refractivity contribution in [1.82, 2.24) is 5.32 Å². The highest BCUT2D eigenvalue weighted by molar-refractivity contribution is 7.17. The number of carbonyl (C=O) groups is 2. The Kier molecular flexibility index (Phi) is 3.22. The maximum atomic E-state index is 12.4. The van der Waals surface area contributed by atoms with Crippen LogP contribution in [0.1, 0.15) is 36.0 Å². The SMILES string of the molecule is NC(=O)C1(NC(=O)c2ccc3sccc3c2)CCCC1. The fourth-order valence-corrected chi connectivity index (χ4v) is 3.58. The molecule has 5 heteroatoms. The molecule has 0 aliphatic heterocycles. The van der Waals surface area contributed by atoms with Gasteiger partial charge in [-0.15, -0.1) is 11.3 Å². The van der Waals surface area contributed by atoms with Gasteiger partial charge in [-0.2, -0.15) is 0 Å². The fourth-order valence-electron chi connectivity index (χ4n) is 2.81. The summed E-state index contributed by atoms with van der Waals surface area (Å²) in [6.07, 6.45) is 3.11. The lowest BCUT2D eigenvalue weighted by molar-refractivity contribution is -0.123. The third-order valence-electron chi connectivity index (χ3n) is 4.00. The molecule has 1 saturated carbocycles.